The van der Waals surface area contributed by atoms with Crippen LogP contribution in [-0.2, 0) is 6.54 Å². The maximum absolute atomic E-state index is 10.9. The number of nitrogens with one attached hydrogen (secondary N) is 1. The van der Waals surface area contributed by atoms with E-state index in [4.69, 9.17) is 5.11 Å². The second-order valence-electron chi connectivity index (χ2n) is 5.22. The SMILES string of the molecule is CC(NCc1cccc(C(=O)O)c1)C1CCCC1. The van der Waals surface area contributed by atoms with Gasteiger partial charge in [0.2, 0.25) is 0 Å². The second-order valence-corrected chi connectivity index (χ2v) is 5.22. The van der Waals surface area contributed by atoms with E-state index in [1.54, 1.807) is 18.2 Å². The molecule has 0 bridgehead atoms. The lowest BCUT2D eigenvalue weighted by atomic mass is 9.99. The zero-order valence-corrected chi connectivity index (χ0v) is 10.9. The van der Waals surface area contributed by atoms with Gasteiger partial charge in [-0.3, -0.25) is 0 Å². The normalized spacial score (nSPS) is 17.8. The molecule has 1 aliphatic rings. The third kappa shape index (κ3) is 3.33. The standard InChI is InChI=1S/C15H21NO2/c1-11(13-6-2-3-7-13)16-10-12-5-4-8-14(9-12)15(17)18/h4-5,8-9,11,13,16H,2-3,6-7,10H2,1H3,(H,17,18). The molecular weight excluding hydrogens is 226 g/mol. The number of carboxylic acids is 1. The van der Waals surface area contributed by atoms with Crippen molar-refractivity contribution in [1.29, 1.82) is 0 Å². The van der Waals surface area contributed by atoms with E-state index in [-0.39, 0.29) is 0 Å². The minimum atomic E-state index is -0.860. The van der Waals surface area contributed by atoms with E-state index in [0.29, 0.717) is 11.6 Å². The monoisotopic (exact) mass is 247 g/mol. The van der Waals surface area contributed by atoms with Crippen molar-refractivity contribution in [1.82, 2.24) is 5.32 Å². The molecule has 3 heteroatoms. The Hall–Kier alpha value is -1.35. The highest BCUT2D eigenvalue weighted by Gasteiger charge is 2.20. The first-order valence-electron chi connectivity index (χ1n) is 6.72. The van der Waals surface area contributed by atoms with E-state index >= 15 is 0 Å². The summed E-state index contributed by atoms with van der Waals surface area (Å²) >= 11 is 0. The van der Waals surface area contributed by atoms with Crippen LogP contribution in [0.4, 0.5) is 0 Å². The molecule has 1 fully saturated rings. The zero-order chi connectivity index (χ0) is 13.0. The van der Waals surface area contributed by atoms with Crippen molar-refractivity contribution in [2.45, 2.75) is 45.2 Å². The number of rotatable bonds is 5. The molecule has 0 radical (unpaired) electrons. The molecular formula is C15H21NO2. The van der Waals surface area contributed by atoms with Gasteiger partial charge in [0.25, 0.3) is 0 Å². The predicted octanol–water partition coefficient (Wildman–Crippen LogP) is 3.05. The molecule has 1 aliphatic carbocycles. The topological polar surface area (TPSA) is 49.3 Å². The minimum absolute atomic E-state index is 0.364. The molecule has 0 spiro atoms. The van der Waals surface area contributed by atoms with Crippen LogP contribution in [0.25, 0.3) is 0 Å². The lowest BCUT2D eigenvalue weighted by Gasteiger charge is -2.20. The average molecular weight is 247 g/mol. The number of carbonyl (C=O) groups is 1. The maximum atomic E-state index is 10.9. The Morgan fingerprint density at radius 3 is 2.83 bits per heavy atom. The van der Waals surface area contributed by atoms with Crippen molar-refractivity contribution in [2.24, 2.45) is 5.92 Å². The van der Waals surface area contributed by atoms with Gasteiger partial charge >= 0.3 is 5.97 Å². The van der Waals surface area contributed by atoms with Crippen LogP contribution >= 0.6 is 0 Å². The molecule has 0 aromatic heterocycles. The van der Waals surface area contributed by atoms with Crippen LogP contribution < -0.4 is 5.32 Å². The highest BCUT2D eigenvalue weighted by Crippen LogP contribution is 2.27. The summed E-state index contributed by atoms with van der Waals surface area (Å²) in [6.45, 7) is 2.98. The van der Waals surface area contributed by atoms with Crippen molar-refractivity contribution < 1.29 is 9.90 Å². The molecule has 98 valence electrons. The fraction of sp³-hybridized carbons (Fsp3) is 0.533. The zero-order valence-electron chi connectivity index (χ0n) is 10.9. The molecule has 1 aromatic carbocycles. The Morgan fingerprint density at radius 1 is 1.44 bits per heavy atom. The molecule has 2 N–H and O–H groups in total. The Bertz CT molecular complexity index is 411. The van der Waals surface area contributed by atoms with Gasteiger partial charge in [0, 0.05) is 12.6 Å². The van der Waals surface area contributed by atoms with E-state index in [1.807, 2.05) is 6.07 Å². The Labute approximate surface area is 108 Å². The molecule has 2 rings (SSSR count). The van der Waals surface area contributed by atoms with Crippen LogP contribution in [0.5, 0.6) is 0 Å². The minimum Gasteiger partial charge on any atom is -0.478 e. The largest absolute Gasteiger partial charge is 0.478 e. The third-order valence-electron chi connectivity index (χ3n) is 3.91. The molecule has 1 saturated carbocycles. The average Bonchev–Trinajstić information content (AvgIpc) is 2.90. The summed E-state index contributed by atoms with van der Waals surface area (Å²) in [5, 5.41) is 12.5. The molecule has 0 heterocycles. The van der Waals surface area contributed by atoms with Crippen LogP contribution in [0, 0.1) is 5.92 Å². The molecule has 1 unspecified atom stereocenters. The van der Waals surface area contributed by atoms with E-state index in [1.165, 1.54) is 25.7 Å². The maximum Gasteiger partial charge on any atom is 0.335 e. The Morgan fingerprint density at radius 2 is 2.17 bits per heavy atom. The van der Waals surface area contributed by atoms with Crippen LogP contribution in [0.1, 0.15) is 48.5 Å². The molecule has 0 amide bonds. The van der Waals surface area contributed by atoms with Gasteiger partial charge < -0.3 is 10.4 Å². The van der Waals surface area contributed by atoms with Gasteiger partial charge in [-0.05, 0) is 43.4 Å². The Kier molecular flexibility index (Phi) is 4.37. The molecule has 0 saturated heterocycles. The van der Waals surface area contributed by atoms with Gasteiger partial charge in [0.1, 0.15) is 0 Å². The first-order chi connectivity index (χ1) is 8.66. The Balaban J connectivity index is 1.89. The summed E-state index contributed by atoms with van der Waals surface area (Å²) in [5.41, 5.74) is 1.41. The highest BCUT2D eigenvalue weighted by molar-refractivity contribution is 5.87. The molecule has 18 heavy (non-hydrogen) atoms. The van der Waals surface area contributed by atoms with Crippen molar-refractivity contribution in [2.75, 3.05) is 0 Å². The van der Waals surface area contributed by atoms with Gasteiger partial charge in [0.15, 0.2) is 0 Å². The van der Waals surface area contributed by atoms with Gasteiger partial charge in [-0.1, -0.05) is 25.0 Å². The molecule has 1 atom stereocenters. The number of carboxylic acid groups (broad SMARTS) is 1. The second kappa shape index (κ2) is 6.01. The number of hydrogen-bond donors (Lipinski definition) is 2. The van der Waals surface area contributed by atoms with Gasteiger partial charge in [-0.25, -0.2) is 4.79 Å². The number of hydrogen-bond acceptors (Lipinski definition) is 2. The lowest BCUT2D eigenvalue weighted by Crippen LogP contribution is -2.31. The van der Waals surface area contributed by atoms with Crippen LogP contribution in [0.15, 0.2) is 24.3 Å². The number of benzene rings is 1. The van der Waals surface area contributed by atoms with Gasteiger partial charge in [-0.2, -0.15) is 0 Å². The summed E-state index contributed by atoms with van der Waals surface area (Å²) in [4.78, 5) is 10.9. The van der Waals surface area contributed by atoms with Crippen molar-refractivity contribution in [3.8, 4) is 0 Å². The van der Waals surface area contributed by atoms with Gasteiger partial charge in [0.05, 0.1) is 5.56 Å². The molecule has 3 nitrogen and oxygen atoms in total. The molecule has 1 aromatic rings. The smallest absolute Gasteiger partial charge is 0.335 e. The fourth-order valence-corrected chi connectivity index (χ4v) is 2.72. The van der Waals surface area contributed by atoms with E-state index < -0.39 is 5.97 Å². The highest BCUT2D eigenvalue weighted by atomic mass is 16.4. The summed E-state index contributed by atoms with van der Waals surface area (Å²) in [5.74, 6) is -0.0756. The first kappa shape index (κ1) is 13.1. The van der Waals surface area contributed by atoms with Crippen LogP contribution in [-0.4, -0.2) is 17.1 Å². The van der Waals surface area contributed by atoms with Crippen LogP contribution in [0.2, 0.25) is 0 Å². The van der Waals surface area contributed by atoms with Crippen molar-refractivity contribution >= 4 is 5.97 Å². The summed E-state index contributed by atoms with van der Waals surface area (Å²) in [6, 6.07) is 7.67. The van der Waals surface area contributed by atoms with Crippen molar-refractivity contribution in [3.63, 3.8) is 0 Å². The summed E-state index contributed by atoms with van der Waals surface area (Å²) in [7, 11) is 0. The predicted molar refractivity (Wildman–Crippen MR) is 71.7 cm³/mol. The lowest BCUT2D eigenvalue weighted by molar-refractivity contribution is 0.0696. The van der Waals surface area contributed by atoms with E-state index in [9.17, 15) is 4.79 Å². The van der Waals surface area contributed by atoms with E-state index in [0.717, 1.165) is 18.0 Å². The summed E-state index contributed by atoms with van der Waals surface area (Å²) in [6.07, 6.45) is 5.35. The fourth-order valence-electron chi connectivity index (χ4n) is 2.72. The quantitative estimate of drug-likeness (QED) is 0.840. The first-order valence-corrected chi connectivity index (χ1v) is 6.72. The number of aromatic carboxylic acids is 1. The summed E-state index contributed by atoms with van der Waals surface area (Å²) < 4.78 is 0. The van der Waals surface area contributed by atoms with E-state index in [2.05, 4.69) is 12.2 Å². The molecule has 0 aliphatic heterocycles. The van der Waals surface area contributed by atoms with Crippen LogP contribution in [0.3, 0.4) is 0 Å². The van der Waals surface area contributed by atoms with Gasteiger partial charge in [-0.15, -0.1) is 0 Å². The third-order valence-corrected chi connectivity index (χ3v) is 3.91. The van der Waals surface area contributed by atoms with Crippen molar-refractivity contribution in [3.05, 3.63) is 35.4 Å².